The van der Waals surface area contributed by atoms with Crippen molar-refractivity contribution in [1.82, 2.24) is 0 Å². The maximum atomic E-state index is 13.0. The van der Waals surface area contributed by atoms with Crippen molar-refractivity contribution in [3.8, 4) is 5.75 Å². The summed E-state index contributed by atoms with van der Waals surface area (Å²) >= 11 is 0. The van der Waals surface area contributed by atoms with Gasteiger partial charge < -0.3 is 14.8 Å². The van der Waals surface area contributed by atoms with E-state index in [0.29, 0.717) is 13.0 Å². The number of hydrogen-bond acceptors (Lipinski definition) is 3. The number of amides is 1. The van der Waals surface area contributed by atoms with Crippen LogP contribution in [0, 0.1) is 0 Å². The summed E-state index contributed by atoms with van der Waals surface area (Å²) in [5, 5.41) is 5.07. The molecular weight excluding hydrogens is 338 g/mol. The van der Waals surface area contributed by atoms with Crippen LogP contribution >= 0.6 is 0 Å². The molecule has 0 saturated carbocycles. The lowest BCUT2D eigenvalue weighted by molar-refractivity contribution is -0.139. The van der Waals surface area contributed by atoms with Crippen LogP contribution in [-0.2, 0) is 9.53 Å². The highest BCUT2D eigenvalue weighted by molar-refractivity contribution is 6.06. The summed E-state index contributed by atoms with van der Waals surface area (Å²) in [5.74, 6) is 0.745. The molecule has 0 radical (unpaired) electrons. The second-order valence-corrected chi connectivity index (χ2v) is 7.22. The molecule has 0 saturated heterocycles. The van der Waals surface area contributed by atoms with Crippen molar-refractivity contribution >= 4 is 22.4 Å². The predicted molar refractivity (Wildman–Crippen MR) is 113 cm³/mol. The van der Waals surface area contributed by atoms with Gasteiger partial charge in [-0.2, -0.15) is 0 Å². The molecular formula is C23H33NO3. The maximum absolute atomic E-state index is 13.0. The van der Waals surface area contributed by atoms with Gasteiger partial charge in [0.15, 0.2) is 0 Å². The molecule has 0 aromatic heterocycles. The van der Waals surface area contributed by atoms with E-state index >= 15 is 0 Å². The molecule has 2 aromatic carbocycles. The Morgan fingerprint density at radius 2 is 1.81 bits per heavy atom. The highest BCUT2D eigenvalue weighted by Gasteiger charge is 2.33. The summed E-state index contributed by atoms with van der Waals surface area (Å²) in [4.78, 5) is 13.0. The van der Waals surface area contributed by atoms with E-state index in [1.807, 2.05) is 50.2 Å². The highest BCUT2D eigenvalue weighted by atomic mass is 16.5. The van der Waals surface area contributed by atoms with E-state index in [1.54, 1.807) is 0 Å². The van der Waals surface area contributed by atoms with E-state index in [-0.39, 0.29) is 12.0 Å². The van der Waals surface area contributed by atoms with E-state index in [4.69, 9.17) is 9.47 Å². The molecule has 2 aromatic rings. The molecule has 0 spiro atoms. The molecule has 0 unspecified atom stereocenters. The zero-order valence-electron chi connectivity index (χ0n) is 17.3. The third-order valence-corrected chi connectivity index (χ3v) is 4.99. The van der Waals surface area contributed by atoms with Crippen molar-refractivity contribution in [2.24, 2.45) is 0 Å². The lowest BCUT2D eigenvalue weighted by atomic mass is 9.97. The number of nitrogens with one attached hydrogen (secondary N) is 1. The molecule has 1 amide bonds. The van der Waals surface area contributed by atoms with E-state index in [2.05, 4.69) is 26.1 Å². The average molecular weight is 372 g/mol. The van der Waals surface area contributed by atoms with Crippen LogP contribution in [-0.4, -0.2) is 24.2 Å². The summed E-state index contributed by atoms with van der Waals surface area (Å²) in [5.41, 5.74) is -0.0351. The van der Waals surface area contributed by atoms with Crippen LogP contribution in [0.25, 0.3) is 10.8 Å². The summed E-state index contributed by atoms with van der Waals surface area (Å²) in [6.45, 7) is 10.6. The van der Waals surface area contributed by atoms with Crippen LogP contribution < -0.4 is 10.1 Å². The zero-order chi connectivity index (χ0) is 19.9. The minimum Gasteiger partial charge on any atom is -0.490 e. The third kappa shape index (κ3) is 5.23. The highest BCUT2D eigenvalue weighted by Crippen LogP contribution is 2.33. The summed E-state index contributed by atoms with van der Waals surface area (Å²) in [6.07, 6.45) is 3.77. The number of fused-ring (bicyclic) bond motifs is 1. The average Bonchev–Trinajstić information content (AvgIpc) is 2.68. The van der Waals surface area contributed by atoms with Gasteiger partial charge in [0.2, 0.25) is 0 Å². The Morgan fingerprint density at radius 1 is 1.11 bits per heavy atom. The molecule has 0 aliphatic rings. The quantitative estimate of drug-likeness (QED) is 0.562. The number of carbonyl (C=O) groups excluding carboxylic acids is 1. The zero-order valence-corrected chi connectivity index (χ0v) is 17.3. The Bertz CT molecular complexity index is 758. The summed E-state index contributed by atoms with van der Waals surface area (Å²) in [6, 6.07) is 11.9. The van der Waals surface area contributed by atoms with Crippen molar-refractivity contribution in [3.05, 3.63) is 36.4 Å². The molecule has 0 aliphatic heterocycles. The molecule has 0 aliphatic carbocycles. The molecule has 27 heavy (non-hydrogen) atoms. The van der Waals surface area contributed by atoms with Crippen LogP contribution in [0.1, 0.15) is 60.3 Å². The number of unbranched alkanes of at least 4 members (excludes halogenated alkanes) is 1. The predicted octanol–water partition coefficient (Wildman–Crippen LogP) is 5.94. The topological polar surface area (TPSA) is 47.6 Å². The number of rotatable bonds is 10. The van der Waals surface area contributed by atoms with Gasteiger partial charge in [0.25, 0.3) is 5.91 Å². The van der Waals surface area contributed by atoms with E-state index in [0.717, 1.165) is 41.5 Å². The van der Waals surface area contributed by atoms with Gasteiger partial charge >= 0.3 is 0 Å². The van der Waals surface area contributed by atoms with Gasteiger partial charge in [-0.1, -0.05) is 51.0 Å². The van der Waals surface area contributed by atoms with Gasteiger partial charge in [0.05, 0.1) is 6.10 Å². The van der Waals surface area contributed by atoms with Gasteiger partial charge in [-0.05, 0) is 45.7 Å². The maximum Gasteiger partial charge on any atom is 0.256 e. The Balaban J connectivity index is 2.33. The van der Waals surface area contributed by atoms with Gasteiger partial charge in [-0.25, -0.2) is 0 Å². The Kier molecular flexibility index (Phi) is 7.66. The molecule has 0 heterocycles. The van der Waals surface area contributed by atoms with E-state index < -0.39 is 5.60 Å². The first-order chi connectivity index (χ1) is 12.9. The van der Waals surface area contributed by atoms with Crippen molar-refractivity contribution < 1.29 is 14.3 Å². The summed E-state index contributed by atoms with van der Waals surface area (Å²) < 4.78 is 11.9. The largest absolute Gasteiger partial charge is 0.490 e. The minimum atomic E-state index is -0.822. The van der Waals surface area contributed by atoms with Crippen LogP contribution in [0.5, 0.6) is 5.75 Å². The number of carbonyl (C=O) groups is 1. The van der Waals surface area contributed by atoms with E-state index in [1.165, 1.54) is 0 Å². The normalized spacial score (nSPS) is 14.6. The molecule has 4 nitrogen and oxygen atoms in total. The molecule has 148 valence electrons. The molecule has 1 N–H and O–H groups in total. The number of anilines is 1. The van der Waals surface area contributed by atoms with Crippen molar-refractivity contribution in [1.29, 1.82) is 0 Å². The van der Waals surface area contributed by atoms with Crippen LogP contribution in [0.2, 0.25) is 0 Å². The fourth-order valence-electron chi connectivity index (χ4n) is 3.12. The molecule has 0 bridgehead atoms. The molecule has 0 fully saturated rings. The first-order valence-electron chi connectivity index (χ1n) is 10.1. The Labute approximate surface area is 163 Å². The first-order valence-corrected chi connectivity index (χ1v) is 10.1. The molecule has 4 heteroatoms. The number of ether oxygens (including phenoxy) is 2. The molecule has 2 atom stereocenters. The number of hydrogen-bond donors (Lipinski definition) is 1. The first kappa shape index (κ1) is 21.2. The minimum absolute atomic E-state index is 0.0986. The molecule has 2 rings (SSSR count). The lowest BCUT2D eigenvalue weighted by Crippen LogP contribution is -2.42. The van der Waals surface area contributed by atoms with Crippen LogP contribution in [0.4, 0.5) is 5.69 Å². The van der Waals surface area contributed by atoms with Gasteiger partial charge in [0.1, 0.15) is 11.4 Å². The lowest BCUT2D eigenvalue weighted by Gasteiger charge is -2.28. The second-order valence-electron chi connectivity index (χ2n) is 7.22. The monoisotopic (exact) mass is 371 g/mol. The number of benzene rings is 2. The Morgan fingerprint density at radius 3 is 2.44 bits per heavy atom. The summed E-state index contributed by atoms with van der Waals surface area (Å²) in [7, 11) is 0. The van der Waals surface area contributed by atoms with Gasteiger partial charge in [0, 0.05) is 23.1 Å². The third-order valence-electron chi connectivity index (χ3n) is 4.99. The fourth-order valence-corrected chi connectivity index (χ4v) is 3.12. The van der Waals surface area contributed by atoms with Crippen LogP contribution in [0.3, 0.4) is 0 Å². The van der Waals surface area contributed by atoms with Crippen molar-refractivity contribution in [2.45, 2.75) is 72.0 Å². The second kappa shape index (κ2) is 9.75. The van der Waals surface area contributed by atoms with Gasteiger partial charge in [-0.15, -0.1) is 0 Å². The smallest absolute Gasteiger partial charge is 0.256 e. The fraction of sp³-hybridized carbons (Fsp3) is 0.522. The van der Waals surface area contributed by atoms with Crippen molar-refractivity contribution in [2.75, 3.05) is 11.9 Å². The SMILES string of the molecule is CCCC[C@](C)(OCC)C(=O)Nc1ccc(O[C@H](C)CC)c2ccccc12. The Hall–Kier alpha value is -2.07. The van der Waals surface area contributed by atoms with Gasteiger partial charge in [-0.3, -0.25) is 4.79 Å². The van der Waals surface area contributed by atoms with Crippen molar-refractivity contribution in [3.63, 3.8) is 0 Å². The standard InChI is InChI=1S/C23H33NO3/c1-6-9-16-23(5,26-8-3)22(25)24-20-14-15-21(27-17(4)7-2)19-13-11-10-12-18(19)20/h10-15,17H,6-9,16H2,1-5H3,(H,24,25)/t17-,23+/m1/s1. The van der Waals surface area contributed by atoms with E-state index in [9.17, 15) is 4.79 Å². The van der Waals surface area contributed by atoms with Crippen LogP contribution in [0.15, 0.2) is 36.4 Å².